The maximum absolute atomic E-state index is 11.7. The van der Waals surface area contributed by atoms with Gasteiger partial charge in [0.2, 0.25) is 12.3 Å². The number of hydrogen-bond donors (Lipinski definition) is 0. The monoisotopic (exact) mass is 398 g/mol. The summed E-state index contributed by atoms with van der Waals surface area (Å²) in [5.41, 5.74) is 1.68. The van der Waals surface area contributed by atoms with Gasteiger partial charge in [0.1, 0.15) is 17.9 Å². The molecule has 2 aromatic carbocycles. The summed E-state index contributed by atoms with van der Waals surface area (Å²) in [5.74, 6) is 1.12. The third-order valence-electron chi connectivity index (χ3n) is 3.65. The zero-order valence-electron chi connectivity index (χ0n) is 12.8. The van der Waals surface area contributed by atoms with E-state index in [2.05, 4.69) is 26.1 Å². The predicted molar refractivity (Wildman–Crippen MR) is 94.3 cm³/mol. The summed E-state index contributed by atoms with van der Waals surface area (Å²) in [6.45, 7) is 0.254. The quantitative estimate of drug-likeness (QED) is 0.479. The van der Waals surface area contributed by atoms with Gasteiger partial charge in [-0.2, -0.15) is 0 Å². The van der Waals surface area contributed by atoms with Crippen LogP contribution in [0.1, 0.15) is 5.56 Å². The van der Waals surface area contributed by atoms with Crippen LogP contribution in [0, 0.1) is 0 Å². The molecule has 0 saturated carbocycles. The molecule has 0 bridgehead atoms. The van der Waals surface area contributed by atoms with Gasteiger partial charge in [0.15, 0.2) is 0 Å². The van der Waals surface area contributed by atoms with Gasteiger partial charge in [-0.1, -0.05) is 15.9 Å². The van der Waals surface area contributed by atoms with Crippen molar-refractivity contribution in [1.29, 1.82) is 0 Å². The molecule has 2 aromatic heterocycles. The zero-order valence-corrected chi connectivity index (χ0v) is 14.4. The Hall–Kier alpha value is -2.93. The van der Waals surface area contributed by atoms with Crippen LogP contribution in [-0.2, 0) is 6.61 Å². The van der Waals surface area contributed by atoms with Crippen LogP contribution in [0.3, 0.4) is 0 Å². The lowest BCUT2D eigenvalue weighted by molar-refractivity contribution is 0.306. The van der Waals surface area contributed by atoms with Crippen molar-refractivity contribution in [1.82, 2.24) is 10.2 Å². The molecule has 0 amide bonds. The van der Waals surface area contributed by atoms with Crippen LogP contribution in [0.25, 0.3) is 22.4 Å². The molecule has 0 aliphatic heterocycles. The van der Waals surface area contributed by atoms with Gasteiger partial charge < -0.3 is 13.6 Å². The molecular weight excluding hydrogens is 388 g/mol. The molecular formula is C18H11BrN2O4. The van der Waals surface area contributed by atoms with E-state index in [9.17, 15) is 4.79 Å². The molecule has 2 heterocycles. The predicted octanol–water partition coefficient (Wildman–Crippen LogP) is 4.18. The summed E-state index contributed by atoms with van der Waals surface area (Å²) < 4.78 is 17.0. The number of fused-ring (bicyclic) bond motifs is 1. The maximum atomic E-state index is 11.7. The highest BCUT2D eigenvalue weighted by Crippen LogP contribution is 2.24. The molecule has 124 valence electrons. The van der Waals surface area contributed by atoms with Gasteiger partial charge in [-0.3, -0.25) is 0 Å². The molecule has 0 saturated heterocycles. The van der Waals surface area contributed by atoms with Gasteiger partial charge in [-0.05, 0) is 42.5 Å². The van der Waals surface area contributed by atoms with Crippen molar-refractivity contribution in [2.24, 2.45) is 0 Å². The summed E-state index contributed by atoms with van der Waals surface area (Å²) in [4.78, 5) is 11.7. The fraction of sp³-hybridized carbons (Fsp3) is 0.0556. The number of nitrogens with zero attached hydrogens (tertiary/aromatic N) is 2. The van der Waals surface area contributed by atoms with Crippen LogP contribution in [0.4, 0.5) is 0 Å². The van der Waals surface area contributed by atoms with Gasteiger partial charge in [-0.15, -0.1) is 10.2 Å². The Kier molecular flexibility index (Phi) is 4.07. The molecule has 0 unspecified atom stereocenters. The zero-order chi connectivity index (χ0) is 17.2. The first kappa shape index (κ1) is 15.6. The van der Waals surface area contributed by atoms with E-state index in [0.29, 0.717) is 17.2 Å². The standard InChI is InChI=1S/C18H11BrN2O4/c19-13-3-6-15-12(7-17(22)25-16(15)8-13)9-23-14-4-1-11(2-5-14)18-21-20-10-24-18/h1-8,10H,9H2. The fourth-order valence-electron chi connectivity index (χ4n) is 2.48. The van der Waals surface area contributed by atoms with Gasteiger partial charge in [0.25, 0.3) is 0 Å². The van der Waals surface area contributed by atoms with Crippen molar-refractivity contribution >= 4 is 26.9 Å². The number of aromatic nitrogens is 2. The van der Waals surface area contributed by atoms with Crippen molar-refractivity contribution in [3.63, 3.8) is 0 Å². The van der Waals surface area contributed by atoms with Crippen LogP contribution in [0.2, 0.25) is 0 Å². The Morgan fingerprint density at radius 2 is 1.92 bits per heavy atom. The van der Waals surface area contributed by atoms with E-state index in [4.69, 9.17) is 13.6 Å². The first-order chi connectivity index (χ1) is 12.2. The number of hydrogen-bond acceptors (Lipinski definition) is 6. The average Bonchev–Trinajstić information content (AvgIpc) is 3.14. The fourth-order valence-corrected chi connectivity index (χ4v) is 2.82. The van der Waals surface area contributed by atoms with E-state index < -0.39 is 5.63 Å². The van der Waals surface area contributed by atoms with E-state index in [-0.39, 0.29) is 6.61 Å². The summed E-state index contributed by atoms with van der Waals surface area (Å²) in [6.07, 6.45) is 1.28. The Labute approximate surface area is 150 Å². The molecule has 0 N–H and O–H groups in total. The molecule has 25 heavy (non-hydrogen) atoms. The van der Waals surface area contributed by atoms with Gasteiger partial charge in [0, 0.05) is 27.1 Å². The third kappa shape index (κ3) is 3.32. The Morgan fingerprint density at radius 1 is 1.08 bits per heavy atom. The minimum atomic E-state index is -0.407. The van der Waals surface area contributed by atoms with Crippen molar-refractivity contribution < 1.29 is 13.6 Å². The number of halogens is 1. The van der Waals surface area contributed by atoms with E-state index in [1.807, 2.05) is 36.4 Å². The molecule has 7 heteroatoms. The van der Waals surface area contributed by atoms with Gasteiger partial charge in [0.05, 0.1) is 0 Å². The third-order valence-corrected chi connectivity index (χ3v) is 4.14. The SMILES string of the molecule is O=c1cc(COc2ccc(-c3nnco3)cc2)c2ccc(Br)cc2o1. The van der Waals surface area contributed by atoms with Crippen LogP contribution in [0.15, 0.2) is 73.0 Å². The van der Waals surface area contributed by atoms with Crippen molar-refractivity contribution in [3.05, 3.63) is 75.4 Å². The first-order valence-electron chi connectivity index (χ1n) is 7.41. The lowest BCUT2D eigenvalue weighted by Gasteiger charge is -2.09. The minimum absolute atomic E-state index is 0.254. The Bertz CT molecular complexity index is 1070. The van der Waals surface area contributed by atoms with E-state index in [1.54, 1.807) is 6.07 Å². The van der Waals surface area contributed by atoms with Crippen LogP contribution in [0.5, 0.6) is 5.75 Å². The molecule has 0 atom stereocenters. The second-order valence-corrected chi connectivity index (χ2v) is 6.20. The topological polar surface area (TPSA) is 78.4 Å². The Morgan fingerprint density at radius 3 is 2.68 bits per heavy atom. The molecule has 0 radical (unpaired) electrons. The largest absolute Gasteiger partial charge is 0.489 e. The first-order valence-corrected chi connectivity index (χ1v) is 8.20. The van der Waals surface area contributed by atoms with Crippen LogP contribution >= 0.6 is 15.9 Å². The Balaban J connectivity index is 1.57. The van der Waals surface area contributed by atoms with Crippen molar-refractivity contribution in [2.75, 3.05) is 0 Å². The molecule has 0 aliphatic rings. The highest BCUT2D eigenvalue weighted by Gasteiger charge is 2.08. The van der Waals surface area contributed by atoms with Crippen molar-refractivity contribution in [2.45, 2.75) is 6.61 Å². The smallest absolute Gasteiger partial charge is 0.336 e. The molecule has 4 rings (SSSR count). The average molecular weight is 399 g/mol. The summed E-state index contributed by atoms with van der Waals surface area (Å²) in [7, 11) is 0. The molecule has 0 spiro atoms. The molecule has 0 aliphatic carbocycles. The lowest BCUT2D eigenvalue weighted by atomic mass is 10.1. The van der Waals surface area contributed by atoms with Crippen LogP contribution < -0.4 is 10.4 Å². The molecule has 4 aromatic rings. The lowest BCUT2D eigenvalue weighted by Crippen LogP contribution is -2.04. The van der Waals surface area contributed by atoms with E-state index in [1.165, 1.54) is 12.5 Å². The normalized spacial score (nSPS) is 10.9. The van der Waals surface area contributed by atoms with Gasteiger partial charge in [-0.25, -0.2) is 4.79 Å². The maximum Gasteiger partial charge on any atom is 0.336 e. The molecule has 0 fully saturated rings. The summed E-state index contributed by atoms with van der Waals surface area (Å²) in [6, 6.07) is 14.3. The van der Waals surface area contributed by atoms with Crippen molar-refractivity contribution in [3.8, 4) is 17.2 Å². The highest BCUT2D eigenvalue weighted by molar-refractivity contribution is 9.10. The van der Waals surface area contributed by atoms with E-state index >= 15 is 0 Å². The summed E-state index contributed by atoms with van der Waals surface area (Å²) in [5, 5.41) is 8.34. The second kappa shape index (κ2) is 6.52. The van der Waals surface area contributed by atoms with E-state index in [0.717, 1.165) is 21.0 Å². The van der Waals surface area contributed by atoms with Crippen LogP contribution in [-0.4, -0.2) is 10.2 Å². The second-order valence-electron chi connectivity index (χ2n) is 5.29. The summed E-state index contributed by atoms with van der Waals surface area (Å²) >= 11 is 3.37. The van der Waals surface area contributed by atoms with Gasteiger partial charge >= 0.3 is 5.63 Å². The number of rotatable bonds is 4. The number of ether oxygens (including phenoxy) is 1. The minimum Gasteiger partial charge on any atom is -0.489 e. The number of benzene rings is 2. The highest BCUT2D eigenvalue weighted by atomic mass is 79.9. The molecule has 6 nitrogen and oxygen atoms in total.